The predicted octanol–water partition coefficient (Wildman–Crippen LogP) is 1.93. The first-order chi connectivity index (χ1) is 7.39. The molecule has 3 nitrogen and oxygen atoms in total. The molecular formula is C13H26N2O. The standard InChI is InChI=1S/C13H26N2O/c1-9(2)8-11(12(16)14-5)15-10(3)13(4)6-7-13/h9-11,15H,6-8H2,1-5H3,(H,14,16). The van der Waals surface area contributed by atoms with Crippen molar-refractivity contribution in [2.24, 2.45) is 11.3 Å². The second-order valence-electron chi connectivity index (χ2n) is 5.84. The average Bonchev–Trinajstić information content (AvgIpc) is 2.95. The summed E-state index contributed by atoms with van der Waals surface area (Å²) in [5, 5.41) is 6.24. The van der Waals surface area contributed by atoms with Crippen LogP contribution < -0.4 is 10.6 Å². The topological polar surface area (TPSA) is 41.1 Å². The van der Waals surface area contributed by atoms with Gasteiger partial charge in [0.2, 0.25) is 5.91 Å². The SMILES string of the molecule is CNC(=O)C(CC(C)C)NC(C)C1(C)CC1. The Morgan fingerprint density at radius 1 is 1.31 bits per heavy atom. The molecule has 1 rings (SSSR count). The van der Waals surface area contributed by atoms with E-state index in [1.807, 2.05) is 0 Å². The van der Waals surface area contributed by atoms with Gasteiger partial charge < -0.3 is 10.6 Å². The summed E-state index contributed by atoms with van der Waals surface area (Å²) in [6, 6.07) is 0.381. The number of likely N-dealkylation sites (N-methyl/N-ethyl adjacent to an activating group) is 1. The van der Waals surface area contributed by atoms with Crippen LogP contribution in [-0.4, -0.2) is 25.0 Å². The van der Waals surface area contributed by atoms with Crippen molar-refractivity contribution in [2.45, 2.75) is 59.0 Å². The van der Waals surface area contributed by atoms with E-state index < -0.39 is 0 Å². The zero-order valence-electron chi connectivity index (χ0n) is 11.3. The average molecular weight is 226 g/mol. The third kappa shape index (κ3) is 3.48. The molecule has 1 aliphatic rings. The van der Waals surface area contributed by atoms with Crippen molar-refractivity contribution in [3.8, 4) is 0 Å². The molecule has 2 atom stereocenters. The van der Waals surface area contributed by atoms with Gasteiger partial charge in [-0.2, -0.15) is 0 Å². The second kappa shape index (κ2) is 5.17. The van der Waals surface area contributed by atoms with E-state index >= 15 is 0 Å². The molecule has 3 heteroatoms. The van der Waals surface area contributed by atoms with Crippen molar-refractivity contribution in [1.82, 2.24) is 10.6 Å². The number of hydrogen-bond acceptors (Lipinski definition) is 2. The smallest absolute Gasteiger partial charge is 0.236 e. The normalized spacial score (nSPS) is 21.6. The van der Waals surface area contributed by atoms with Crippen molar-refractivity contribution in [3.05, 3.63) is 0 Å². The molecule has 2 unspecified atom stereocenters. The van der Waals surface area contributed by atoms with E-state index in [1.54, 1.807) is 7.05 Å². The van der Waals surface area contributed by atoms with Gasteiger partial charge in [0.1, 0.15) is 0 Å². The van der Waals surface area contributed by atoms with Crippen molar-refractivity contribution in [1.29, 1.82) is 0 Å². The van der Waals surface area contributed by atoms with Crippen LogP contribution in [0.4, 0.5) is 0 Å². The summed E-state index contributed by atoms with van der Waals surface area (Å²) in [6.45, 7) is 8.80. The van der Waals surface area contributed by atoms with Gasteiger partial charge in [0.05, 0.1) is 6.04 Å². The molecule has 0 bridgehead atoms. The van der Waals surface area contributed by atoms with Crippen LogP contribution in [0.5, 0.6) is 0 Å². The lowest BCUT2D eigenvalue weighted by Crippen LogP contribution is -2.49. The van der Waals surface area contributed by atoms with E-state index in [0.29, 0.717) is 17.4 Å². The van der Waals surface area contributed by atoms with Crippen LogP contribution >= 0.6 is 0 Å². The van der Waals surface area contributed by atoms with E-state index in [0.717, 1.165) is 6.42 Å². The van der Waals surface area contributed by atoms with Crippen LogP contribution in [0.15, 0.2) is 0 Å². The monoisotopic (exact) mass is 226 g/mol. The highest BCUT2D eigenvalue weighted by Gasteiger charge is 2.43. The van der Waals surface area contributed by atoms with E-state index in [-0.39, 0.29) is 11.9 Å². The number of rotatable bonds is 6. The summed E-state index contributed by atoms with van der Waals surface area (Å²) < 4.78 is 0. The molecule has 1 aliphatic carbocycles. The molecule has 0 aromatic carbocycles. The van der Waals surface area contributed by atoms with E-state index in [4.69, 9.17) is 0 Å². The quantitative estimate of drug-likeness (QED) is 0.726. The van der Waals surface area contributed by atoms with E-state index in [9.17, 15) is 4.79 Å². The highest BCUT2D eigenvalue weighted by atomic mass is 16.2. The molecule has 0 saturated heterocycles. The third-order valence-electron chi connectivity index (χ3n) is 3.81. The van der Waals surface area contributed by atoms with Crippen LogP contribution in [-0.2, 0) is 4.79 Å². The molecule has 0 spiro atoms. The van der Waals surface area contributed by atoms with Crippen molar-refractivity contribution >= 4 is 5.91 Å². The Balaban J connectivity index is 2.52. The molecule has 94 valence electrons. The highest BCUT2D eigenvalue weighted by molar-refractivity contribution is 5.81. The van der Waals surface area contributed by atoms with Gasteiger partial charge in [-0.3, -0.25) is 4.79 Å². The van der Waals surface area contributed by atoms with Crippen molar-refractivity contribution in [2.75, 3.05) is 7.05 Å². The Kier molecular flexibility index (Phi) is 4.36. The van der Waals surface area contributed by atoms with E-state index in [2.05, 4.69) is 38.3 Å². The first-order valence-corrected chi connectivity index (χ1v) is 6.36. The minimum atomic E-state index is -0.0441. The Bertz CT molecular complexity index is 246. The second-order valence-corrected chi connectivity index (χ2v) is 5.84. The molecule has 1 amide bonds. The van der Waals surface area contributed by atoms with Crippen LogP contribution in [0.25, 0.3) is 0 Å². The summed E-state index contributed by atoms with van der Waals surface area (Å²) in [4.78, 5) is 11.8. The Hall–Kier alpha value is -0.570. The molecule has 16 heavy (non-hydrogen) atoms. The van der Waals surface area contributed by atoms with Gasteiger partial charge in [-0.1, -0.05) is 20.8 Å². The summed E-state index contributed by atoms with van der Waals surface area (Å²) >= 11 is 0. The van der Waals surface area contributed by atoms with Gasteiger partial charge in [0.15, 0.2) is 0 Å². The summed E-state index contributed by atoms with van der Waals surface area (Å²) in [5.41, 5.74) is 0.420. The van der Waals surface area contributed by atoms with Gasteiger partial charge in [0, 0.05) is 13.1 Å². The van der Waals surface area contributed by atoms with Crippen molar-refractivity contribution in [3.63, 3.8) is 0 Å². The summed E-state index contributed by atoms with van der Waals surface area (Å²) in [5.74, 6) is 0.652. The fourth-order valence-electron chi connectivity index (χ4n) is 2.03. The Morgan fingerprint density at radius 3 is 2.25 bits per heavy atom. The Labute approximate surface area is 99.4 Å². The van der Waals surface area contributed by atoms with Gasteiger partial charge in [-0.15, -0.1) is 0 Å². The van der Waals surface area contributed by atoms with Crippen LogP contribution in [0.3, 0.4) is 0 Å². The number of hydrogen-bond donors (Lipinski definition) is 2. The number of amides is 1. The fraction of sp³-hybridized carbons (Fsp3) is 0.923. The minimum Gasteiger partial charge on any atom is -0.358 e. The molecule has 0 heterocycles. The summed E-state index contributed by atoms with van der Waals surface area (Å²) in [6.07, 6.45) is 3.46. The highest BCUT2D eigenvalue weighted by Crippen LogP contribution is 2.48. The lowest BCUT2D eigenvalue weighted by atomic mass is 9.97. The molecule has 0 radical (unpaired) electrons. The van der Waals surface area contributed by atoms with Crippen molar-refractivity contribution < 1.29 is 4.79 Å². The maximum absolute atomic E-state index is 11.8. The number of carbonyl (C=O) groups excluding carboxylic acids is 1. The first kappa shape index (κ1) is 13.5. The minimum absolute atomic E-state index is 0.0441. The van der Waals surface area contributed by atoms with Gasteiger partial charge >= 0.3 is 0 Å². The molecule has 2 N–H and O–H groups in total. The van der Waals surface area contributed by atoms with Crippen LogP contribution in [0, 0.1) is 11.3 Å². The zero-order chi connectivity index (χ0) is 12.3. The molecule has 1 fully saturated rings. The zero-order valence-corrected chi connectivity index (χ0v) is 11.3. The van der Waals surface area contributed by atoms with E-state index in [1.165, 1.54) is 12.8 Å². The van der Waals surface area contributed by atoms with Crippen LogP contribution in [0.1, 0.15) is 47.0 Å². The van der Waals surface area contributed by atoms with Gasteiger partial charge in [-0.05, 0) is 37.5 Å². The largest absolute Gasteiger partial charge is 0.358 e. The lowest BCUT2D eigenvalue weighted by molar-refractivity contribution is -0.123. The molecule has 1 saturated carbocycles. The molecule has 0 aromatic rings. The molecule has 0 aromatic heterocycles. The third-order valence-corrected chi connectivity index (χ3v) is 3.81. The van der Waals surface area contributed by atoms with Crippen LogP contribution in [0.2, 0.25) is 0 Å². The predicted molar refractivity (Wildman–Crippen MR) is 67.2 cm³/mol. The number of nitrogens with one attached hydrogen (secondary N) is 2. The van der Waals surface area contributed by atoms with Gasteiger partial charge in [-0.25, -0.2) is 0 Å². The first-order valence-electron chi connectivity index (χ1n) is 6.36. The number of carbonyl (C=O) groups is 1. The van der Waals surface area contributed by atoms with Gasteiger partial charge in [0.25, 0.3) is 0 Å². The molecular weight excluding hydrogens is 200 g/mol. The Morgan fingerprint density at radius 2 is 1.88 bits per heavy atom. The maximum atomic E-state index is 11.8. The maximum Gasteiger partial charge on any atom is 0.236 e. The lowest BCUT2D eigenvalue weighted by Gasteiger charge is -2.27. The molecule has 0 aliphatic heterocycles. The summed E-state index contributed by atoms with van der Waals surface area (Å²) in [7, 11) is 1.71. The fourth-order valence-corrected chi connectivity index (χ4v) is 2.03.